The molecule has 4 nitrogen and oxygen atoms in total. The zero-order valence-corrected chi connectivity index (χ0v) is 11.9. The van der Waals surface area contributed by atoms with E-state index in [2.05, 4.69) is 19.2 Å². The van der Waals surface area contributed by atoms with Gasteiger partial charge in [-0.05, 0) is 32.1 Å². The molecule has 18 heavy (non-hydrogen) atoms. The molecule has 0 radical (unpaired) electrons. The van der Waals surface area contributed by atoms with Crippen molar-refractivity contribution < 1.29 is 9.59 Å². The fourth-order valence-electron chi connectivity index (χ4n) is 2.31. The summed E-state index contributed by atoms with van der Waals surface area (Å²) in [6.45, 7) is 8.25. The highest BCUT2D eigenvalue weighted by atomic mass is 16.2. The summed E-state index contributed by atoms with van der Waals surface area (Å²) in [5, 5.41) is 2.85. The van der Waals surface area contributed by atoms with Gasteiger partial charge in [0.15, 0.2) is 0 Å². The second-order valence-corrected chi connectivity index (χ2v) is 5.51. The molecule has 0 spiro atoms. The molecule has 0 aromatic carbocycles. The van der Waals surface area contributed by atoms with Gasteiger partial charge in [-0.3, -0.25) is 9.59 Å². The number of carbonyl (C=O) groups is 2. The molecule has 1 aliphatic rings. The normalized spacial score (nSPS) is 20.0. The maximum Gasteiger partial charge on any atom is 0.224 e. The van der Waals surface area contributed by atoms with Crippen molar-refractivity contribution in [3.8, 4) is 0 Å². The second-order valence-electron chi connectivity index (χ2n) is 5.51. The van der Waals surface area contributed by atoms with Crippen LogP contribution in [0.4, 0.5) is 0 Å². The Balaban J connectivity index is 2.42. The van der Waals surface area contributed by atoms with Crippen molar-refractivity contribution >= 4 is 11.8 Å². The van der Waals surface area contributed by atoms with Gasteiger partial charge in [-0.2, -0.15) is 0 Å². The first-order chi connectivity index (χ1) is 8.54. The average Bonchev–Trinajstić information content (AvgIpc) is 2.36. The lowest BCUT2D eigenvalue weighted by Gasteiger charge is -2.32. The van der Waals surface area contributed by atoms with Gasteiger partial charge in [0, 0.05) is 26.1 Å². The lowest BCUT2D eigenvalue weighted by atomic mass is 9.96. The van der Waals surface area contributed by atoms with Crippen LogP contribution in [0.5, 0.6) is 0 Å². The molecule has 1 rings (SSSR count). The summed E-state index contributed by atoms with van der Waals surface area (Å²) >= 11 is 0. The fraction of sp³-hybridized carbons (Fsp3) is 0.857. The fourth-order valence-corrected chi connectivity index (χ4v) is 2.31. The molecular weight excluding hydrogens is 228 g/mol. The largest absolute Gasteiger partial charge is 0.356 e. The highest BCUT2D eigenvalue weighted by Gasteiger charge is 2.27. The Morgan fingerprint density at radius 1 is 1.39 bits per heavy atom. The Labute approximate surface area is 110 Å². The van der Waals surface area contributed by atoms with E-state index in [1.54, 1.807) is 0 Å². The Morgan fingerprint density at radius 2 is 2.11 bits per heavy atom. The summed E-state index contributed by atoms with van der Waals surface area (Å²) in [6.07, 6.45) is 3.38. The number of likely N-dealkylation sites (tertiary alicyclic amines) is 1. The minimum atomic E-state index is -0.0123. The van der Waals surface area contributed by atoms with Gasteiger partial charge in [0.25, 0.3) is 0 Å². The molecule has 4 heteroatoms. The topological polar surface area (TPSA) is 49.4 Å². The standard InChI is InChI=1S/C14H26N2O2/c1-4-15-14(18)12-6-5-9-16(10-12)13(17)8-7-11(2)3/h11-12H,4-10H2,1-3H3,(H,15,18)/t12-/m1/s1. The van der Waals surface area contributed by atoms with Gasteiger partial charge in [-0.1, -0.05) is 13.8 Å². The Bertz CT molecular complexity index is 290. The number of amides is 2. The van der Waals surface area contributed by atoms with Gasteiger partial charge in [-0.15, -0.1) is 0 Å². The number of nitrogens with zero attached hydrogens (tertiary/aromatic N) is 1. The van der Waals surface area contributed by atoms with E-state index in [1.165, 1.54) is 0 Å². The summed E-state index contributed by atoms with van der Waals surface area (Å²) < 4.78 is 0. The van der Waals surface area contributed by atoms with Crippen LogP contribution >= 0.6 is 0 Å². The van der Waals surface area contributed by atoms with E-state index < -0.39 is 0 Å². The Morgan fingerprint density at radius 3 is 2.72 bits per heavy atom. The lowest BCUT2D eigenvalue weighted by Crippen LogP contribution is -2.45. The van der Waals surface area contributed by atoms with Crippen molar-refractivity contribution in [3.05, 3.63) is 0 Å². The summed E-state index contributed by atoms with van der Waals surface area (Å²) in [7, 11) is 0. The molecule has 0 aromatic rings. The van der Waals surface area contributed by atoms with Crippen molar-refractivity contribution in [2.45, 2.75) is 46.5 Å². The van der Waals surface area contributed by atoms with Gasteiger partial charge in [0.1, 0.15) is 0 Å². The zero-order chi connectivity index (χ0) is 13.5. The maximum absolute atomic E-state index is 12.0. The van der Waals surface area contributed by atoms with Crippen LogP contribution < -0.4 is 5.32 Å². The Hall–Kier alpha value is -1.06. The van der Waals surface area contributed by atoms with Gasteiger partial charge in [0.2, 0.25) is 11.8 Å². The van der Waals surface area contributed by atoms with E-state index in [0.29, 0.717) is 25.4 Å². The van der Waals surface area contributed by atoms with Crippen LogP contribution in [0.1, 0.15) is 46.5 Å². The monoisotopic (exact) mass is 254 g/mol. The van der Waals surface area contributed by atoms with E-state index in [-0.39, 0.29) is 17.7 Å². The van der Waals surface area contributed by atoms with Crippen molar-refractivity contribution in [2.75, 3.05) is 19.6 Å². The van der Waals surface area contributed by atoms with Crippen LogP contribution in [0.3, 0.4) is 0 Å². The van der Waals surface area contributed by atoms with E-state index >= 15 is 0 Å². The molecular formula is C14H26N2O2. The average molecular weight is 254 g/mol. The van der Waals surface area contributed by atoms with Gasteiger partial charge >= 0.3 is 0 Å². The lowest BCUT2D eigenvalue weighted by molar-refractivity contribution is -0.135. The number of nitrogens with one attached hydrogen (secondary N) is 1. The molecule has 1 saturated heterocycles. The van der Waals surface area contributed by atoms with Crippen molar-refractivity contribution in [3.63, 3.8) is 0 Å². The minimum Gasteiger partial charge on any atom is -0.356 e. The smallest absolute Gasteiger partial charge is 0.224 e. The molecule has 1 aliphatic heterocycles. The Kier molecular flexibility index (Phi) is 6.16. The summed E-state index contributed by atoms with van der Waals surface area (Å²) in [4.78, 5) is 25.7. The number of carbonyl (C=O) groups excluding carboxylic acids is 2. The third kappa shape index (κ3) is 4.67. The second kappa shape index (κ2) is 7.39. The van der Waals surface area contributed by atoms with Gasteiger partial charge < -0.3 is 10.2 Å². The van der Waals surface area contributed by atoms with Gasteiger partial charge in [0.05, 0.1) is 5.92 Å². The quantitative estimate of drug-likeness (QED) is 0.813. The predicted molar refractivity (Wildman–Crippen MR) is 72.1 cm³/mol. The van der Waals surface area contributed by atoms with Gasteiger partial charge in [-0.25, -0.2) is 0 Å². The van der Waals surface area contributed by atoms with Crippen LogP contribution in [0.15, 0.2) is 0 Å². The third-order valence-corrected chi connectivity index (χ3v) is 3.43. The first-order valence-corrected chi connectivity index (χ1v) is 7.10. The molecule has 1 fully saturated rings. The summed E-state index contributed by atoms with van der Waals surface area (Å²) in [6, 6.07) is 0. The molecule has 1 heterocycles. The SMILES string of the molecule is CCNC(=O)[C@@H]1CCCN(C(=O)CCC(C)C)C1. The van der Waals surface area contributed by atoms with E-state index in [1.807, 2.05) is 11.8 Å². The van der Waals surface area contributed by atoms with Crippen LogP contribution in [0.25, 0.3) is 0 Å². The molecule has 0 unspecified atom stereocenters. The molecule has 104 valence electrons. The van der Waals surface area contributed by atoms with Crippen LogP contribution in [0, 0.1) is 11.8 Å². The highest BCUT2D eigenvalue weighted by Crippen LogP contribution is 2.18. The van der Waals surface area contributed by atoms with Crippen molar-refractivity contribution in [2.24, 2.45) is 11.8 Å². The van der Waals surface area contributed by atoms with Crippen LogP contribution in [-0.2, 0) is 9.59 Å². The first kappa shape index (κ1) is 15.0. The van der Waals surface area contributed by atoms with E-state index in [9.17, 15) is 9.59 Å². The molecule has 0 aliphatic carbocycles. The molecule has 1 N–H and O–H groups in total. The molecule has 0 bridgehead atoms. The minimum absolute atomic E-state index is 0.0123. The molecule has 0 aromatic heterocycles. The molecule has 0 saturated carbocycles. The number of piperidine rings is 1. The van der Waals surface area contributed by atoms with Crippen molar-refractivity contribution in [1.29, 1.82) is 0 Å². The highest BCUT2D eigenvalue weighted by molar-refractivity contribution is 5.81. The number of rotatable bonds is 5. The maximum atomic E-state index is 12.0. The van der Waals surface area contributed by atoms with Crippen molar-refractivity contribution in [1.82, 2.24) is 10.2 Å². The van der Waals surface area contributed by atoms with E-state index in [4.69, 9.17) is 0 Å². The molecule has 2 amide bonds. The molecule has 1 atom stereocenters. The zero-order valence-electron chi connectivity index (χ0n) is 11.9. The van der Waals surface area contributed by atoms with Crippen LogP contribution in [0.2, 0.25) is 0 Å². The first-order valence-electron chi connectivity index (χ1n) is 7.10. The number of hydrogen-bond donors (Lipinski definition) is 1. The summed E-state index contributed by atoms with van der Waals surface area (Å²) in [5.74, 6) is 0.844. The van der Waals surface area contributed by atoms with Crippen LogP contribution in [-0.4, -0.2) is 36.3 Å². The van der Waals surface area contributed by atoms with E-state index in [0.717, 1.165) is 25.8 Å². The predicted octanol–water partition coefficient (Wildman–Crippen LogP) is 1.80. The third-order valence-electron chi connectivity index (χ3n) is 3.43. The summed E-state index contributed by atoms with van der Waals surface area (Å²) in [5.41, 5.74) is 0. The number of hydrogen-bond acceptors (Lipinski definition) is 2.